The molecule has 150 valence electrons. The van der Waals surface area contributed by atoms with Gasteiger partial charge in [0, 0.05) is 37.6 Å². The second-order valence-corrected chi connectivity index (χ2v) is 7.84. The highest BCUT2D eigenvalue weighted by Crippen LogP contribution is 2.25. The summed E-state index contributed by atoms with van der Waals surface area (Å²) in [6.07, 6.45) is 1.67. The number of hydrogen-bond acceptors (Lipinski definition) is 6. The third-order valence-corrected chi connectivity index (χ3v) is 5.52. The van der Waals surface area contributed by atoms with Gasteiger partial charge in [-0.3, -0.25) is 0 Å². The molecule has 1 aliphatic rings. The number of rotatable bonds is 4. The Kier molecular flexibility index (Phi) is 5.34. The molecule has 1 aliphatic heterocycles. The molecule has 1 fully saturated rings. The lowest BCUT2D eigenvalue weighted by Crippen LogP contribution is -2.47. The van der Waals surface area contributed by atoms with E-state index in [0.29, 0.717) is 5.95 Å². The predicted octanol–water partition coefficient (Wildman–Crippen LogP) is 4.18. The number of benzene rings is 2. The molecule has 0 saturated carbocycles. The monoisotopic (exact) mass is 388 g/mol. The molecule has 6 heteroatoms. The summed E-state index contributed by atoms with van der Waals surface area (Å²) in [6, 6.07) is 12.9. The van der Waals surface area contributed by atoms with Crippen molar-refractivity contribution in [1.29, 1.82) is 0 Å². The molecule has 0 aliphatic carbocycles. The maximum Gasteiger partial charge on any atom is 0.247 e. The van der Waals surface area contributed by atoms with Crippen molar-refractivity contribution in [2.45, 2.75) is 27.7 Å². The molecule has 0 unspecified atom stereocenters. The highest BCUT2D eigenvalue weighted by molar-refractivity contribution is 5.59. The quantitative estimate of drug-likeness (QED) is 0.724. The highest BCUT2D eigenvalue weighted by Gasteiger charge is 2.21. The van der Waals surface area contributed by atoms with Crippen LogP contribution in [-0.4, -0.2) is 41.4 Å². The summed E-state index contributed by atoms with van der Waals surface area (Å²) in [5.41, 5.74) is 7.48. The molecule has 2 aromatic carbocycles. The number of piperazine rings is 1. The van der Waals surface area contributed by atoms with Crippen LogP contribution in [0.5, 0.6) is 0 Å². The zero-order chi connectivity index (χ0) is 20.4. The van der Waals surface area contributed by atoms with Gasteiger partial charge in [0.2, 0.25) is 5.95 Å². The van der Waals surface area contributed by atoms with E-state index in [0.717, 1.165) is 37.7 Å². The first-order valence-corrected chi connectivity index (χ1v) is 10.1. The maximum absolute atomic E-state index is 4.70. The van der Waals surface area contributed by atoms with Gasteiger partial charge < -0.3 is 15.1 Å². The third-order valence-electron chi connectivity index (χ3n) is 5.52. The number of anilines is 4. The number of aryl methyl sites for hydroxylation is 3. The van der Waals surface area contributed by atoms with Crippen molar-refractivity contribution < 1.29 is 0 Å². The highest BCUT2D eigenvalue weighted by atomic mass is 15.4. The maximum atomic E-state index is 4.70. The van der Waals surface area contributed by atoms with Crippen molar-refractivity contribution in [2.75, 3.05) is 41.3 Å². The van der Waals surface area contributed by atoms with Crippen LogP contribution < -0.4 is 15.1 Å². The van der Waals surface area contributed by atoms with Gasteiger partial charge in [0.05, 0.1) is 6.20 Å². The standard InChI is InChI=1S/C23H28N6/c1-16-12-17(2)14-20(13-16)25-22-15-24-27-23(26-22)29-10-8-28(9-11-29)21-7-5-6-18(3)19(21)4/h5-7,12-15H,8-11H2,1-4H3,(H,25,26,27). The van der Waals surface area contributed by atoms with Crippen molar-refractivity contribution in [3.8, 4) is 0 Å². The first kappa shape index (κ1) is 19.2. The van der Waals surface area contributed by atoms with E-state index < -0.39 is 0 Å². The third kappa shape index (κ3) is 4.31. The molecule has 1 saturated heterocycles. The van der Waals surface area contributed by atoms with Gasteiger partial charge in [-0.1, -0.05) is 18.2 Å². The molecule has 0 spiro atoms. The van der Waals surface area contributed by atoms with Crippen LogP contribution >= 0.6 is 0 Å². The molecule has 0 atom stereocenters. The van der Waals surface area contributed by atoms with Gasteiger partial charge in [0.15, 0.2) is 5.82 Å². The fourth-order valence-corrected chi connectivity index (χ4v) is 3.91. The minimum Gasteiger partial charge on any atom is -0.368 e. The van der Waals surface area contributed by atoms with Gasteiger partial charge in [-0.25, -0.2) is 0 Å². The molecular weight excluding hydrogens is 360 g/mol. The smallest absolute Gasteiger partial charge is 0.247 e. The minimum absolute atomic E-state index is 0.681. The summed E-state index contributed by atoms with van der Waals surface area (Å²) < 4.78 is 0. The minimum atomic E-state index is 0.681. The van der Waals surface area contributed by atoms with Crippen LogP contribution in [0, 0.1) is 27.7 Å². The van der Waals surface area contributed by atoms with Crippen LogP contribution in [0.4, 0.5) is 23.1 Å². The Morgan fingerprint density at radius 1 is 0.862 bits per heavy atom. The van der Waals surface area contributed by atoms with E-state index in [1.165, 1.54) is 27.9 Å². The van der Waals surface area contributed by atoms with E-state index in [4.69, 9.17) is 4.98 Å². The summed E-state index contributed by atoms with van der Waals surface area (Å²) in [5, 5.41) is 11.8. The zero-order valence-corrected chi connectivity index (χ0v) is 17.6. The average Bonchev–Trinajstić information content (AvgIpc) is 2.70. The Bertz CT molecular complexity index is 988. The van der Waals surface area contributed by atoms with E-state index >= 15 is 0 Å². The number of hydrogen-bond donors (Lipinski definition) is 1. The molecular formula is C23H28N6. The molecule has 4 rings (SSSR count). The van der Waals surface area contributed by atoms with Crippen molar-refractivity contribution in [3.63, 3.8) is 0 Å². The summed E-state index contributed by atoms with van der Waals surface area (Å²) in [5.74, 6) is 1.40. The molecule has 0 bridgehead atoms. The summed E-state index contributed by atoms with van der Waals surface area (Å²) in [4.78, 5) is 9.36. The molecule has 0 amide bonds. The lowest BCUT2D eigenvalue weighted by molar-refractivity contribution is 0.634. The lowest BCUT2D eigenvalue weighted by Gasteiger charge is -2.36. The topological polar surface area (TPSA) is 57.2 Å². The predicted molar refractivity (Wildman–Crippen MR) is 119 cm³/mol. The van der Waals surface area contributed by atoms with Crippen LogP contribution in [0.2, 0.25) is 0 Å². The fraction of sp³-hybridized carbons (Fsp3) is 0.348. The fourth-order valence-electron chi connectivity index (χ4n) is 3.91. The molecule has 0 radical (unpaired) electrons. The van der Waals surface area contributed by atoms with Crippen LogP contribution in [0.1, 0.15) is 22.3 Å². The Balaban J connectivity index is 1.45. The van der Waals surface area contributed by atoms with Crippen molar-refractivity contribution in [1.82, 2.24) is 15.2 Å². The number of nitrogens with zero attached hydrogens (tertiary/aromatic N) is 5. The Labute approximate surface area is 172 Å². The molecule has 6 nitrogen and oxygen atoms in total. The van der Waals surface area contributed by atoms with Crippen LogP contribution in [0.25, 0.3) is 0 Å². The largest absolute Gasteiger partial charge is 0.368 e. The summed E-state index contributed by atoms with van der Waals surface area (Å²) >= 11 is 0. The Morgan fingerprint density at radius 3 is 2.28 bits per heavy atom. The normalized spacial score (nSPS) is 14.2. The molecule has 3 aromatic rings. The van der Waals surface area contributed by atoms with Gasteiger partial charge in [-0.05, 0) is 68.1 Å². The van der Waals surface area contributed by atoms with Crippen LogP contribution in [-0.2, 0) is 0 Å². The lowest BCUT2D eigenvalue weighted by atomic mass is 10.1. The average molecular weight is 389 g/mol. The second-order valence-electron chi connectivity index (χ2n) is 7.84. The summed E-state index contributed by atoms with van der Waals surface area (Å²) in [7, 11) is 0. The van der Waals surface area contributed by atoms with Gasteiger partial charge in [0.1, 0.15) is 0 Å². The van der Waals surface area contributed by atoms with Gasteiger partial charge >= 0.3 is 0 Å². The van der Waals surface area contributed by atoms with Crippen LogP contribution in [0.15, 0.2) is 42.6 Å². The van der Waals surface area contributed by atoms with E-state index in [1.54, 1.807) is 6.20 Å². The SMILES string of the molecule is Cc1cc(C)cc(Nc2cnnc(N3CCN(c4cccc(C)c4C)CC3)n2)c1. The molecule has 2 heterocycles. The van der Waals surface area contributed by atoms with Crippen molar-refractivity contribution in [2.24, 2.45) is 0 Å². The zero-order valence-electron chi connectivity index (χ0n) is 17.6. The number of aromatic nitrogens is 3. The van der Waals surface area contributed by atoms with E-state index in [-0.39, 0.29) is 0 Å². The van der Waals surface area contributed by atoms with Gasteiger partial charge in [0.25, 0.3) is 0 Å². The first-order valence-electron chi connectivity index (χ1n) is 10.1. The van der Waals surface area contributed by atoms with Crippen molar-refractivity contribution in [3.05, 3.63) is 64.8 Å². The van der Waals surface area contributed by atoms with E-state index in [9.17, 15) is 0 Å². The van der Waals surface area contributed by atoms with E-state index in [1.807, 2.05) is 0 Å². The molecule has 1 N–H and O–H groups in total. The Morgan fingerprint density at radius 2 is 1.55 bits per heavy atom. The number of nitrogens with one attached hydrogen (secondary N) is 1. The van der Waals surface area contributed by atoms with Crippen molar-refractivity contribution >= 4 is 23.1 Å². The molecule has 1 aromatic heterocycles. The van der Waals surface area contributed by atoms with E-state index in [2.05, 4.69) is 89.4 Å². The van der Waals surface area contributed by atoms with Gasteiger partial charge in [-0.15, -0.1) is 5.10 Å². The molecule has 29 heavy (non-hydrogen) atoms. The van der Waals surface area contributed by atoms with Crippen LogP contribution in [0.3, 0.4) is 0 Å². The van der Waals surface area contributed by atoms with Gasteiger partial charge in [-0.2, -0.15) is 10.1 Å². The summed E-state index contributed by atoms with van der Waals surface area (Å²) in [6.45, 7) is 12.2. The Hall–Kier alpha value is -3.15. The first-order chi connectivity index (χ1) is 14.0. The second kappa shape index (κ2) is 8.07.